The van der Waals surface area contributed by atoms with Crippen molar-refractivity contribution < 1.29 is 0 Å². The van der Waals surface area contributed by atoms with E-state index in [4.69, 9.17) is 0 Å². The Bertz CT molecular complexity index is 1730. The molecule has 0 fully saturated rings. The van der Waals surface area contributed by atoms with E-state index in [0.717, 1.165) is 0 Å². The normalized spacial score (nSPS) is 13.8. The van der Waals surface area contributed by atoms with Crippen molar-refractivity contribution in [3.8, 4) is 32.7 Å². The van der Waals surface area contributed by atoms with Gasteiger partial charge < -0.3 is 0 Å². The van der Waals surface area contributed by atoms with Crippen LogP contribution in [-0.4, -0.2) is 0 Å². The molecular weight excluding hydrogens is 428 g/mol. The summed E-state index contributed by atoms with van der Waals surface area (Å²) in [4.78, 5) is 1.32. The van der Waals surface area contributed by atoms with Gasteiger partial charge in [0.15, 0.2) is 0 Å². The van der Waals surface area contributed by atoms with E-state index >= 15 is 0 Å². The standard InChI is InChI=1S/C33H24S/c1-33(2)29-13-6-5-12-27(29)28-19-23(16-17-30(28)33)22-9-7-10-24(18-22)31-20-25-15-14-21-8-3-4-11-26(21)32(25)34-31/h3-20H,1-2H3. The Kier molecular flexibility index (Phi) is 4.16. The summed E-state index contributed by atoms with van der Waals surface area (Å²) in [7, 11) is 0. The van der Waals surface area contributed by atoms with Crippen molar-refractivity contribution in [3.63, 3.8) is 0 Å². The maximum absolute atomic E-state index is 2.39. The minimum Gasteiger partial charge on any atom is -0.135 e. The zero-order valence-electron chi connectivity index (χ0n) is 19.3. The Hall–Kier alpha value is -3.68. The van der Waals surface area contributed by atoms with Crippen molar-refractivity contribution in [2.45, 2.75) is 19.3 Å². The van der Waals surface area contributed by atoms with Crippen molar-refractivity contribution in [1.29, 1.82) is 0 Å². The average Bonchev–Trinajstić information content (AvgIpc) is 3.42. The van der Waals surface area contributed by atoms with E-state index in [-0.39, 0.29) is 5.41 Å². The van der Waals surface area contributed by atoms with E-state index in [9.17, 15) is 0 Å². The van der Waals surface area contributed by atoms with Crippen molar-refractivity contribution in [2.24, 2.45) is 0 Å². The van der Waals surface area contributed by atoms with E-state index in [1.807, 2.05) is 11.3 Å². The van der Waals surface area contributed by atoms with E-state index < -0.39 is 0 Å². The Balaban J connectivity index is 1.34. The largest absolute Gasteiger partial charge is 0.135 e. The van der Waals surface area contributed by atoms with Crippen molar-refractivity contribution in [2.75, 3.05) is 0 Å². The van der Waals surface area contributed by atoms with E-state index in [1.54, 1.807) is 0 Å². The summed E-state index contributed by atoms with van der Waals surface area (Å²) >= 11 is 1.89. The zero-order chi connectivity index (χ0) is 22.9. The zero-order valence-corrected chi connectivity index (χ0v) is 20.1. The number of thiophene rings is 1. The molecule has 0 aliphatic heterocycles. The SMILES string of the molecule is CC1(C)c2ccccc2-c2cc(-c3cccc(-c4cc5ccc6ccccc6c5s4)c3)ccc21. The van der Waals surface area contributed by atoms with E-state index in [0.29, 0.717) is 0 Å². The highest BCUT2D eigenvalue weighted by Crippen LogP contribution is 2.49. The van der Waals surface area contributed by atoms with Crippen LogP contribution in [0.5, 0.6) is 0 Å². The molecule has 1 aliphatic rings. The van der Waals surface area contributed by atoms with Crippen LogP contribution in [-0.2, 0) is 5.41 Å². The minimum absolute atomic E-state index is 0.0478. The average molecular weight is 453 g/mol. The smallest absolute Gasteiger partial charge is 0.0427 e. The molecule has 1 aromatic heterocycles. The van der Waals surface area contributed by atoms with Crippen LogP contribution in [0.4, 0.5) is 0 Å². The molecule has 0 bridgehead atoms. The monoisotopic (exact) mass is 452 g/mol. The van der Waals surface area contributed by atoms with Gasteiger partial charge in [-0.1, -0.05) is 105 Å². The first-order valence-corrected chi connectivity index (χ1v) is 12.7. The topological polar surface area (TPSA) is 0 Å². The molecule has 162 valence electrons. The second-order valence-corrected chi connectivity index (χ2v) is 10.9. The van der Waals surface area contributed by atoms with Crippen LogP contribution in [0.25, 0.3) is 53.6 Å². The van der Waals surface area contributed by atoms with Crippen LogP contribution >= 0.6 is 11.3 Å². The molecular formula is C33H24S. The molecule has 0 saturated heterocycles. The van der Waals surface area contributed by atoms with Crippen LogP contribution in [0.3, 0.4) is 0 Å². The third kappa shape index (κ3) is 2.84. The summed E-state index contributed by atoms with van der Waals surface area (Å²) in [5, 5.41) is 3.96. The molecule has 0 amide bonds. The molecule has 0 spiro atoms. The van der Waals surface area contributed by atoms with Crippen molar-refractivity contribution >= 4 is 32.2 Å². The summed E-state index contributed by atoms with van der Waals surface area (Å²) < 4.78 is 1.37. The van der Waals surface area contributed by atoms with E-state index in [1.165, 1.54) is 64.7 Å². The number of hydrogen-bond donors (Lipinski definition) is 0. The van der Waals surface area contributed by atoms with Gasteiger partial charge in [0.25, 0.3) is 0 Å². The Morgan fingerprint density at radius 3 is 2.21 bits per heavy atom. The molecule has 1 aliphatic carbocycles. The van der Waals surface area contributed by atoms with Gasteiger partial charge >= 0.3 is 0 Å². The first-order chi connectivity index (χ1) is 16.6. The lowest BCUT2D eigenvalue weighted by Gasteiger charge is -2.21. The van der Waals surface area contributed by atoms with Gasteiger partial charge in [-0.2, -0.15) is 0 Å². The van der Waals surface area contributed by atoms with Gasteiger partial charge in [0.05, 0.1) is 0 Å². The van der Waals surface area contributed by atoms with Crippen LogP contribution in [0.2, 0.25) is 0 Å². The fourth-order valence-electron chi connectivity index (χ4n) is 5.66. The van der Waals surface area contributed by atoms with Gasteiger partial charge in [-0.3, -0.25) is 0 Å². The minimum atomic E-state index is 0.0478. The highest BCUT2D eigenvalue weighted by molar-refractivity contribution is 7.23. The summed E-state index contributed by atoms with van der Waals surface area (Å²) in [5.41, 5.74) is 9.46. The molecule has 7 rings (SSSR count). The predicted molar refractivity (Wildman–Crippen MR) is 148 cm³/mol. The number of hydrogen-bond acceptors (Lipinski definition) is 1. The molecule has 0 saturated carbocycles. The molecule has 0 atom stereocenters. The molecule has 0 N–H and O–H groups in total. The summed E-state index contributed by atoms with van der Waals surface area (Å²) in [6.45, 7) is 4.67. The third-order valence-corrected chi connectivity index (χ3v) is 8.71. The van der Waals surface area contributed by atoms with Crippen molar-refractivity contribution in [1.82, 2.24) is 0 Å². The Labute approximate surface area is 204 Å². The van der Waals surface area contributed by atoms with Gasteiger partial charge in [0.2, 0.25) is 0 Å². The highest BCUT2D eigenvalue weighted by atomic mass is 32.1. The summed E-state index contributed by atoms with van der Waals surface area (Å²) in [5.74, 6) is 0. The second-order valence-electron chi connectivity index (χ2n) is 9.83. The molecule has 1 heterocycles. The molecule has 5 aromatic carbocycles. The first-order valence-electron chi connectivity index (χ1n) is 11.9. The Morgan fingerprint density at radius 2 is 1.26 bits per heavy atom. The first kappa shape index (κ1) is 19.8. The Morgan fingerprint density at radius 1 is 0.529 bits per heavy atom. The van der Waals surface area contributed by atoms with Crippen molar-refractivity contribution in [3.05, 3.63) is 120 Å². The third-order valence-electron chi connectivity index (χ3n) is 7.47. The molecule has 0 unspecified atom stereocenters. The lowest BCUT2D eigenvalue weighted by Crippen LogP contribution is -2.14. The number of fused-ring (bicyclic) bond motifs is 6. The van der Waals surface area contributed by atoms with Gasteiger partial charge in [0.1, 0.15) is 0 Å². The number of rotatable bonds is 2. The predicted octanol–water partition coefficient (Wildman–Crippen LogP) is 9.69. The van der Waals surface area contributed by atoms with Gasteiger partial charge in [0, 0.05) is 15.0 Å². The molecule has 34 heavy (non-hydrogen) atoms. The van der Waals surface area contributed by atoms with Gasteiger partial charge in [-0.25, -0.2) is 0 Å². The summed E-state index contributed by atoms with van der Waals surface area (Å²) in [6, 6.07) is 40.4. The fraction of sp³-hybridized carbons (Fsp3) is 0.0909. The lowest BCUT2D eigenvalue weighted by molar-refractivity contribution is 0.660. The van der Waals surface area contributed by atoms with Crippen LogP contribution in [0, 0.1) is 0 Å². The molecule has 0 nitrogen and oxygen atoms in total. The summed E-state index contributed by atoms with van der Waals surface area (Å²) in [6.07, 6.45) is 0. The fourth-order valence-corrected chi connectivity index (χ4v) is 6.85. The number of benzene rings is 5. The van der Waals surface area contributed by atoms with Gasteiger partial charge in [-0.05, 0) is 73.3 Å². The highest BCUT2D eigenvalue weighted by Gasteiger charge is 2.35. The second kappa shape index (κ2) is 7.16. The molecule has 6 aromatic rings. The maximum atomic E-state index is 2.39. The molecule has 1 heteroatoms. The van der Waals surface area contributed by atoms with Gasteiger partial charge in [-0.15, -0.1) is 11.3 Å². The maximum Gasteiger partial charge on any atom is 0.0427 e. The van der Waals surface area contributed by atoms with Crippen LogP contribution in [0.15, 0.2) is 109 Å². The van der Waals surface area contributed by atoms with E-state index in [2.05, 4.69) is 123 Å². The quantitative estimate of drug-likeness (QED) is 0.245. The van der Waals surface area contributed by atoms with Crippen LogP contribution in [0.1, 0.15) is 25.0 Å². The molecule has 0 radical (unpaired) electrons. The van der Waals surface area contributed by atoms with Crippen LogP contribution < -0.4 is 0 Å². The lowest BCUT2D eigenvalue weighted by atomic mass is 9.82.